The number of pyridine rings is 1. The van der Waals surface area contributed by atoms with Crippen molar-refractivity contribution in [1.29, 1.82) is 0 Å². The van der Waals surface area contributed by atoms with Gasteiger partial charge in [-0.2, -0.15) is 0 Å². The average Bonchev–Trinajstić information content (AvgIpc) is 2.64. The van der Waals surface area contributed by atoms with E-state index >= 15 is 0 Å². The van der Waals surface area contributed by atoms with Crippen LogP contribution in [-0.2, 0) is 10.0 Å². The number of non-ortho nitro benzene ring substituents is 1. The molecule has 0 radical (unpaired) electrons. The molecule has 2 aromatic carbocycles. The number of benzene rings is 2. The van der Waals surface area contributed by atoms with Crippen molar-refractivity contribution in [1.82, 2.24) is 4.98 Å². The van der Waals surface area contributed by atoms with Crippen LogP contribution in [0.5, 0.6) is 11.5 Å². The van der Waals surface area contributed by atoms with Crippen molar-refractivity contribution in [3.05, 3.63) is 76.7 Å². The maximum absolute atomic E-state index is 12.7. The summed E-state index contributed by atoms with van der Waals surface area (Å²) in [5, 5.41) is 10.5. The smallest absolute Gasteiger partial charge is 0.271 e. The number of aromatic nitrogens is 1. The van der Waals surface area contributed by atoms with E-state index in [9.17, 15) is 18.5 Å². The summed E-state index contributed by atoms with van der Waals surface area (Å²) in [7, 11) is -4.08. The predicted molar refractivity (Wildman–Crippen MR) is 125 cm³/mol. The minimum absolute atomic E-state index is 0.0491. The number of anilines is 1. The topological polar surface area (TPSA) is 111 Å². The standard InChI is InChI=1S/C17H8Br2Cl3N3O5S/c18-8-3-15(19)23-16(4-8)24-31(28,29)10-6-12(21)17(13(22)7-10)30-14-2-1-9(25(26)27)5-11(14)20/h1-7H,(H,23,24). The van der Waals surface area contributed by atoms with Crippen LogP contribution in [0.2, 0.25) is 15.1 Å². The first kappa shape index (κ1) is 24.0. The van der Waals surface area contributed by atoms with E-state index in [2.05, 4.69) is 41.6 Å². The highest BCUT2D eigenvalue weighted by Gasteiger charge is 2.21. The molecule has 0 saturated carbocycles. The molecule has 162 valence electrons. The number of hydrogen-bond donors (Lipinski definition) is 1. The summed E-state index contributed by atoms with van der Waals surface area (Å²) in [6, 6.07) is 8.95. The molecule has 1 heterocycles. The molecule has 0 spiro atoms. The van der Waals surface area contributed by atoms with Gasteiger partial charge in [0.15, 0.2) is 5.75 Å². The lowest BCUT2D eigenvalue weighted by atomic mass is 10.3. The van der Waals surface area contributed by atoms with Crippen LogP contribution in [0, 0.1) is 10.1 Å². The number of nitrogens with one attached hydrogen (secondary N) is 1. The van der Waals surface area contributed by atoms with Crippen LogP contribution in [-0.4, -0.2) is 18.3 Å². The van der Waals surface area contributed by atoms with Crippen LogP contribution in [0.3, 0.4) is 0 Å². The highest BCUT2D eigenvalue weighted by molar-refractivity contribution is 9.11. The Hall–Kier alpha value is -1.63. The summed E-state index contributed by atoms with van der Waals surface area (Å²) >= 11 is 24.8. The molecule has 0 aliphatic carbocycles. The SMILES string of the molecule is O=[N+]([O-])c1ccc(Oc2c(Cl)cc(S(=O)(=O)Nc3cc(Br)cc(Br)n3)cc2Cl)c(Cl)c1. The van der Waals surface area contributed by atoms with E-state index in [1.807, 2.05) is 0 Å². The van der Waals surface area contributed by atoms with Crippen LogP contribution in [0.4, 0.5) is 11.5 Å². The lowest BCUT2D eigenvalue weighted by Crippen LogP contribution is -2.14. The van der Waals surface area contributed by atoms with Gasteiger partial charge in [-0.15, -0.1) is 0 Å². The highest BCUT2D eigenvalue weighted by atomic mass is 79.9. The van der Waals surface area contributed by atoms with Gasteiger partial charge in [0, 0.05) is 16.6 Å². The number of sulfonamides is 1. The molecule has 1 N–H and O–H groups in total. The quantitative estimate of drug-likeness (QED) is 0.177. The van der Waals surface area contributed by atoms with Crippen molar-refractivity contribution in [2.24, 2.45) is 0 Å². The first-order chi connectivity index (χ1) is 14.5. The molecule has 0 atom stereocenters. The molecule has 0 bridgehead atoms. The van der Waals surface area contributed by atoms with Crippen LogP contribution >= 0.6 is 66.7 Å². The van der Waals surface area contributed by atoms with Crippen LogP contribution in [0.1, 0.15) is 0 Å². The average molecular weight is 633 g/mol. The van der Waals surface area contributed by atoms with Gasteiger partial charge in [-0.1, -0.05) is 50.7 Å². The molecule has 0 fully saturated rings. The molecule has 0 amide bonds. The third kappa shape index (κ3) is 5.79. The Morgan fingerprint density at radius 3 is 2.19 bits per heavy atom. The lowest BCUT2D eigenvalue weighted by Gasteiger charge is -2.13. The second-order valence-corrected chi connectivity index (χ2v) is 10.4. The monoisotopic (exact) mass is 629 g/mol. The Morgan fingerprint density at radius 2 is 1.65 bits per heavy atom. The Kier molecular flexibility index (Phi) is 7.34. The van der Waals surface area contributed by atoms with Gasteiger partial charge in [0.25, 0.3) is 15.7 Å². The molecule has 14 heteroatoms. The van der Waals surface area contributed by atoms with Crippen LogP contribution in [0.25, 0.3) is 0 Å². The van der Waals surface area contributed by atoms with Crippen molar-refractivity contribution >= 4 is 88.2 Å². The zero-order valence-corrected chi connectivity index (χ0v) is 21.0. The van der Waals surface area contributed by atoms with Crippen molar-refractivity contribution in [2.45, 2.75) is 4.90 Å². The molecule has 0 aliphatic heterocycles. The zero-order valence-electron chi connectivity index (χ0n) is 14.8. The summed E-state index contributed by atoms with van der Waals surface area (Å²) in [6.07, 6.45) is 0. The molecule has 1 aromatic heterocycles. The largest absolute Gasteiger partial charge is 0.453 e. The molecule has 31 heavy (non-hydrogen) atoms. The van der Waals surface area contributed by atoms with Crippen molar-refractivity contribution in [2.75, 3.05) is 4.72 Å². The third-order valence-corrected chi connectivity index (χ3v) is 6.67. The number of nitro benzene ring substituents is 1. The minimum Gasteiger partial charge on any atom is -0.453 e. The fourth-order valence-corrected chi connectivity index (χ4v) is 5.43. The molecule has 0 aliphatic rings. The van der Waals surface area contributed by atoms with E-state index in [4.69, 9.17) is 39.5 Å². The Bertz CT molecular complexity index is 1260. The van der Waals surface area contributed by atoms with Gasteiger partial charge < -0.3 is 4.74 Å². The van der Waals surface area contributed by atoms with E-state index in [-0.39, 0.29) is 43.0 Å². The van der Waals surface area contributed by atoms with Gasteiger partial charge in [-0.3, -0.25) is 14.8 Å². The number of hydrogen-bond acceptors (Lipinski definition) is 6. The van der Waals surface area contributed by atoms with Crippen LogP contribution < -0.4 is 9.46 Å². The molecule has 0 unspecified atom stereocenters. The third-order valence-electron chi connectivity index (χ3n) is 3.62. The van der Waals surface area contributed by atoms with Crippen molar-refractivity contribution in [3.63, 3.8) is 0 Å². The Morgan fingerprint density at radius 1 is 1.00 bits per heavy atom. The van der Waals surface area contributed by atoms with Gasteiger partial charge in [0.2, 0.25) is 0 Å². The summed E-state index contributed by atoms with van der Waals surface area (Å²) in [5.41, 5.74) is -0.227. The van der Waals surface area contributed by atoms with E-state index < -0.39 is 14.9 Å². The normalized spacial score (nSPS) is 11.3. The van der Waals surface area contributed by atoms with E-state index in [0.29, 0.717) is 9.08 Å². The predicted octanol–water partition coefficient (Wildman–Crippen LogP) is 7.07. The molecule has 0 saturated heterocycles. The maximum Gasteiger partial charge on any atom is 0.271 e. The highest BCUT2D eigenvalue weighted by Crippen LogP contribution is 2.41. The first-order valence-electron chi connectivity index (χ1n) is 7.93. The Balaban J connectivity index is 1.92. The van der Waals surface area contributed by atoms with Gasteiger partial charge >= 0.3 is 0 Å². The van der Waals surface area contributed by atoms with Gasteiger partial charge in [-0.25, -0.2) is 13.4 Å². The lowest BCUT2D eigenvalue weighted by molar-refractivity contribution is -0.384. The van der Waals surface area contributed by atoms with Crippen LogP contribution in [0.15, 0.2) is 56.4 Å². The van der Waals surface area contributed by atoms with E-state index in [1.165, 1.54) is 18.2 Å². The fourth-order valence-electron chi connectivity index (χ4n) is 2.30. The molecular weight excluding hydrogens is 624 g/mol. The second kappa shape index (κ2) is 9.47. The van der Waals surface area contributed by atoms with Gasteiger partial charge in [0.05, 0.1) is 24.9 Å². The minimum atomic E-state index is -4.08. The van der Waals surface area contributed by atoms with Gasteiger partial charge in [0.1, 0.15) is 16.2 Å². The summed E-state index contributed by atoms with van der Waals surface area (Å²) in [4.78, 5) is 14.0. The summed E-state index contributed by atoms with van der Waals surface area (Å²) in [5.74, 6) is 0.0424. The van der Waals surface area contributed by atoms with Crippen molar-refractivity contribution in [3.8, 4) is 11.5 Å². The summed E-state index contributed by atoms with van der Waals surface area (Å²) < 4.78 is 34.4. The Labute approximate surface area is 207 Å². The number of nitrogens with zero attached hydrogens (tertiary/aromatic N) is 2. The first-order valence-corrected chi connectivity index (χ1v) is 12.1. The number of nitro groups is 1. The van der Waals surface area contributed by atoms with Crippen molar-refractivity contribution < 1.29 is 18.1 Å². The van der Waals surface area contributed by atoms with Gasteiger partial charge in [-0.05, 0) is 46.3 Å². The number of halogens is 5. The molecule has 3 aromatic rings. The second-order valence-electron chi connectivity index (χ2n) is 5.79. The zero-order chi connectivity index (χ0) is 22.9. The fraction of sp³-hybridized carbons (Fsp3) is 0. The molecule has 3 rings (SSSR count). The molecule has 8 nitrogen and oxygen atoms in total. The molecular formula is C17H8Br2Cl3N3O5S. The maximum atomic E-state index is 12.7. The summed E-state index contributed by atoms with van der Waals surface area (Å²) in [6.45, 7) is 0. The van der Waals surface area contributed by atoms with E-state index in [0.717, 1.165) is 18.2 Å². The number of ether oxygens (including phenoxy) is 1. The van der Waals surface area contributed by atoms with E-state index in [1.54, 1.807) is 6.07 Å². The number of rotatable bonds is 6.